The van der Waals surface area contributed by atoms with Crippen molar-refractivity contribution in [2.75, 3.05) is 60.0 Å². The average Bonchev–Trinajstić information content (AvgIpc) is 2.39. The van der Waals surface area contributed by atoms with E-state index in [4.69, 9.17) is 0 Å². The third-order valence-electron chi connectivity index (χ3n) is 3.79. The fraction of sp³-hybridized carbons (Fsp3) is 1.00. The van der Waals surface area contributed by atoms with Crippen LogP contribution in [0.4, 0.5) is 0 Å². The molecule has 0 radical (unpaired) electrons. The Labute approximate surface area is 118 Å². The van der Waals surface area contributed by atoms with Crippen LogP contribution in [-0.4, -0.2) is 87.0 Å². The van der Waals surface area contributed by atoms with Crippen LogP contribution in [0.1, 0.15) is 19.8 Å². The largest absolute Gasteiger partial charge is 0.395 e. The maximum absolute atomic E-state index is 9.43. The molecule has 2 atom stereocenters. The number of likely N-dealkylation sites (N-methyl/N-ethyl adjacent to an activating group) is 2. The zero-order chi connectivity index (χ0) is 14.1. The molecule has 0 aromatic carbocycles. The van der Waals surface area contributed by atoms with Crippen molar-refractivity contribution in [2.45, 2.75) is 31.8 Å². The first-order chi connectivity index (χ1) is 9.11. The van der Waals surface area contributed by atoms with E-state index in [1.165, 1.54) is 19.4 Å². The van der Waals surface area contributed by atoms with Gasteiger partial charge in [-0.15, -0.1) is 0 Å². The molecule has 5 heteroatoms. The van der Waals surface area contributed by atoms with Gasteiger partial charge in [-0.1, -0.05) is 0 Å². The van der Waals surface area contributed by atoms with Crippen molar-refractivity contribution in [3.05, 3.63) is 0 Å². The summed E-state index contributed by atoms with van der Waals surface area (Å²) in [7, 11) is 4.32. The normalized spacial score (nSPS) is 30.9. The fourth-order valence-electron chi connectivity index (χ4n) is 2.38. The van der Waals surface area contributed by atoms with Crippen molar-refractivity contribution < 1.29 is 5.11 Å². The lowest BCUT2D eigenvalue weighted by Gasteiger charge is -2.27. The van der Waals surface area contributed by atoms with Crippen LogP contribution in [0.3, 0.4) is 0 Å². The number of nitrogens with zero attached hydrogens (tertiary/aromatic N) is 2. The van der Waals surface area contributed by atoms with E-state index in [0.29, 0.717) is 6.04 Å². The monoisotopic (exact) mass is 272 g/mol. The highest BCUT2D eigenvalue weighted by atomic mass is 16.3. The number of hydrogen-bond donors (Lipinski definition) is 3. The Kier molecular flexibility index (Phi) is 8.57. The number of rotatable bonds is 1. The van der Waals surface area contributed by atoms with Gasteiger partial charge in [-0.05, 0) is 47.0 Å². The number of hydrogen-bond acceptors (Lipinski definition) is 5. The Hall–Kier alpha value is -0.200. The molecule has 2 unspecified atom stereocenters. The smallest absolute Gasteiger partial charge is 0.0597 e. The summed E-state index contributed by atoms with van der Waals surface area (Å²) in [5.74, 6) is 0. The second-order valence-corrected chi connectivity index (χ2v) is 5.92. The summed E-state index contributed by atoms with van der Waals surface area (Å²) in [6.07, 6.45) is 2.49. The molecule has 1 aliphatic rings. The van der Waals surface area contributed by atoms with Crippen LogP contribution in [0.5, 0.6) is 0 Å². The second-order valence-electron chi connectivity index (χ2n) is 5.92. The first-order valence-electron chi connectivity index (χ1n) is 7.56. The molecule has 1 saturated heterocycles. The molecule has 1 heterocycles. The van der Waals surface area contributed by atoms with Crippen LogP contribution in [0.15, 0.2) is 0 Å². The molecule has 0 saturated carbocycles. The van der Waals surface area contributed by atoms with Crippen LogP contribution in [0.2, 0.25) is 0 Å². The summed E-state index contributed by atoms with van der Waals surface area (Å²) in [6, 6.07) is 0.627. The van der Waals surface area contributed by atoms with Crippen molar-refractivity contribution in [2.24, 2.45) is 0 Å². The standard InChI is InChI=1S/C14H32N4O/c1-13-10-16-14(12-19)11-18(3)9-8-17(2)7-5-4-6-15-13/h13-16,19H,4-12H2,1-3H3. The van der Waals surface area contributed by atoms with E-state index in [-0.39, 0.29) is 12.6 Å². The summed E-state index contributed by atoms with van der Waals surface area (Å²) >= 11 is 0. The minimum absolute atomic E-state index is 0.169. The second kappa shape index (κ2) is 9.66. The van der Waals surface area contributed by atoms with Crippen molar-refractivity contribution in [1.29, 1.82) is 0 Å². The Morgan fingerprint density at radius 3 is 2.53 bits per heavy atom. The lowest BCUT2D eigenvalue weighted by molar-refractivity contribution is 0.183. The van der Waals surface area contributed by atoms with E-state index in [9.17, 15) is 5.11 Å². The topological polar surface area (TPSA) is 50.8 Å². The molecular weight excluding hydrogens is 240 g/mol. The molecule has 0 spiro atoms. The number of aliphatic hydroxyl groups excluding tert-OH is 1. The van der Waals surface area contributed by atoms with Crippen LogP contribution in [0, 0.1) is 0 Å². The van der Waals surface area contributed by atoms with E-state index in [1.54, 1.807) is 0 Å². The third-order valence-corrected chi connectivity index (χ3v) is 3.79. The molecule has 19 heavy (non-hydrogen) atoms. The van der Waals surface area contributed by atoms with Gasteiger partial charge >= 0.3 is 0 Å². The summed E-state index contributed by atoms with van der Waals surface area (Å²) in [4.78, 5) is 4.70. The lowest BCUT2D eigenvalue weighted by atomic mass is 10.2. The van der Waals surface area contributed by atoms with Crippen LogP contribution < -0.4 is 10.6 Å². The molecule has 114 valence electrons. The first kappa shape index (κ1) is 16.9. The predicted molar refractivity (Wildman–Crippen MR) is 80.6 cm³/mol. The highest BCUT2D eigenvalue weighted by molar-refractivity contribution is 4.74. The van der Waals surface area contributed by atoms with Crippen molar-refractivity contribution in [1.82, 2.24) is 20.4 Å². The van der Waals surface area contributed by atoms with Gasteiger partial charge in [-0.2, -0.15) is 0 Å². The van der Waals surface area contributed by atoms with Gasteiger partial charge in [0.2, 0.25) is 0 Å². The predicted octanol–water partition coefficient (Wildman–Crippen LogP) is -0.428. The van der Waals surface area contributed by atoms with E-state index >= 15 is 0 Å². The Morgan fingerprint density at radius 2 is 1.79 bits per heavy atom. The van der Waals surface area contributed by atoms with Crippen molar-refractivity contribution in [3.8, 4) is 0 Å². The van der Waals surface area contributed by atoms with Crippen LogP contribution in [-0.2, 0) is 0 Å². The van der Waals surface area contributed by atoms with Crippen LogP contribution >= 0.6 is 0 Å². The average molecular weight is 272 g/mol. The van der Waals surface area contributed by atoms with Crippen molar-refractivity contribution >= 4 is 0 Å². The van der Waals surface area contributed by atoms with Gasteiger partial charge in [0.1, 0.15) is 0 Å². The highest BCUT2D eigenvalue weighted by Gasteiger charge is 2.12. The van der Waals surface area contributed by atoms with Crippen LogP contribution in [0.25, 0.3) is 0 Å². The summed E-state index contributed by atoms with van der Waals surface area (Å²) < 4.78 is 0. The molecule has 0 aromatic rings. The highest BCUT2D eigenvalue weighted by Crippen LogP contribution is 1.96. The van der Waals surface area contributed by atoms with Gasteiger partial charge in [0.25, 0.3) is 0 Å². The van der Waals surface area contributed by atoms with Gasteiger partial charge in [0.15, 0.2) is 0 Å². The molecule has 1 fully saturated rings. The zero-order valence-electron chi connectivity index (χ0n) is 12.9. The molecule has 1 aliphatic heterocycles. The van der Waals surface area contributed by atoms with E-state index in [1.807, 2.05) is 0 Å². The number of nitrogens with one attached hydrogen (secondary N) is 2. The van der Waals surface area contributed by atoms with Gasteiger partial charge in [0.05, 0.1) is 6.61 Å². The molecule has 0 aliphatic carbocycles. The quantitative estimate of drug-likeness (QED) is 0.605. The molecule has 5 nitrogen and oxygen atoms in total. The van der Waals surface area contributed by atoms with Gasteiger partial charge in [-0.3, -0.25) is 0 Å². The fourth-order valence-corrected chi connectivity index (χ4v) is 2.38. The maximum atomic E-state index is 9.43. The van der Waals surface area contributed by atoms with E-state index in [2.05, 4.69) is 41.5 Å². The molecule has 3 N–H and O–H groups in total. The number of aliphatic hydroxyl groups is 1. The summed E-state index contributed by atoms with van der Waals surface area (Å²) in [5, 5.41) is 16.4. The summed E-state index contributed by atoms with van der Waals surface area (Å²) in [5.41, 5.74) is 0. The van der Waals surface area contributed by atoms with Gasteiger partial charge in [0, 0.05) is 38.3 Å². The van der Waals surface area contributed by atoms with E-state index in [0.717, 1.165) is 32.7 Å². The summed E-state index contributed by atoms with van der Waals surface area (Å²) in [6.45, 7) is 8.62. The Balaban J connectivity index is 2.44. The SMILES string of the molecule is CC1CNC(CO)CN(C)CCN(C)CCCCN1. The van der Waals surface area contributed by atoms with E-state index < -0.39 is 0 Å². The van der Waals surface area contributed by atoms with Gasteiger partial charge in [-0.25, -0.2) is 0 Å². The minimum Gasteiger partial charge on any atom is -0.395 e. The molecule has 0 amide bonds. The maximum Gasteiger partial charge on any atom is 0.0597 e. The first-order valence-corrected chi connectivity index (χ1v) is 7.56. The Morgan fingerprint density at radius 1 is 1.05 bits per heavy atom. The lowest BCUT2D eigenvalue weighted by Crippen LogP contribution is -2.48. The Bertz CT molecular complexity index is 227. The minimum atomic E-state index is 0.169. The molecule has 0 aromatic heterocycles. The van der Waals surface area contributed by atoms with Gasteiger partial charge < -0.3 is 25.5 Å². The zero-order valence-corrected chi connectivity index (χ0v) is 12.9. The molecule has 0 bridgehead atoms. The van der Waals surface area contributed by atoms with Crippen molar-refractivity contribution in [3.63, 3.8) is 0 Å². The molecule has 1 rings (SSSR count). The third kappa shape index (κ3) is 7.84. The molecular formula is C14H32N4O.